The van der Waals surface area contributed by atoms with Gasteiger partial charge >= 0.3 is 0 Å². The number of hydrogen-bond acceptors (Lipinski definition) is 2. The molecule has 2 aliphatic rings. The van der Waals surface area contributed by atoms with Crippen molar-refractivity contribution in [1.29, 1.82) is 0 Å². The second-order valence-electron chi connectivity index (χ2n) is 6.44. The maximum atomic E-state index is 3.33. The predicted molar refractivity (Wildman–Crippen MR) is 85.1 cm³/mol. The lowest BCUT2D eigenvalue weighted by Gasteiger charge is -2.43. The molecule has 0 radical (unpaired) electrons. The van der Waals surface area contributed by atoms with E-state index in [1.165, 1.54) is 51.5 Å². The summed E-state index contributed by atoms with van der Waals surface area (Å²) in [5, 5.41) is 3.33. The van der Waals surface area contributed by atoms with Crippen LogP contribution in [0.25, 0.3) is 0 Å². The summed E-state index contributed by atoms with van der Waals surface area (Å²) in [6.07, 6.45) is 9.44. The Bertz CT molecular complexity index is 429. The van der Waals surface area contributed by atoms with E-state index in [1.807, 2.05) is 0 Å². The molecule has 1 aromatic rings. The Kier molecular flexibility index (Phi) is 4.74. The van der Waals surface area contributed by atoms with Gasteiger partial charge in [-0.15, -0.1) is 0 Å². The molecule has 3 rings (SSSR count). The van der Waals surface area contributed by atoms with Crippen molar-refractivity contribution >= 4 is 0 Å². The molecule has 1 aliphatic carbocycles. The van der Waals surface area contributed by atoms with Crippen molar-refractivity contribution in [3.63, 3.8) is 0 Å². The fourth-order valence-electron chi connectivity index (χ4n) is 4.09. The van der Waals surface area contributed by atoms with E-state index in [0.29, 0.717) is 0 Å². The number of nitrogens with one attached hydrogen (secondary N) is 1. The first-order valence-corrected chi connectivity index (χ1v) is 8.35. The van der Waals surface area contributed by atoms with E-state index in [1.54, 1.807) is 11.1 Å². The van der Waals surface area contributed by atoms with Gasteiger partial charge in [0, 0.05) is 12.1 Å². The summed E-state index contributed by atoms with van der Waals surface area (Å²) < 4.78 is 0. The number of hydrogen-bond donors (Lipinski definition) is 1. The molecule has 2 atom stereocenters. The SMILES string of the molecule is CNCCC1CCCCN1C1CCc2ccccc2C1. The summed E-state index contributed by atoms with van der Waals surface area (Å²) in [6, 6.07) is 10.7. The number of rotatable bonds is 4. The number of nitrogens with zero attached hydrogens (tertiary/aromatic N) is 1. The van der Waals surface area contributed by atoms with Crippen LogP contribution in [-0.2, 0) is 12.8 Å². The van der Waals surface area contributed by atoms with Gasteiger partial charge in [-0.25, -0.2) is 0 Å². The van der Waals surface area contributed by atoms with E-state index in [4.69, 9.17) is 0 Å². The van der Waals surface area contributed by atoms with Gasteiger partial charge in [0.1, 0.15) is 0 Å². The van der Waals surface area contributed by atoms with E-state index in [0.717, 1.165) is 18.6 Å². The molecule has 20 heavy (non-hydrogen) atoms. The van der Waals surface area contributed by atoms with Crippen LogP contribution in [-0.4, -0.2) is 37.1 Å². The monoisotopic (exact) mass is 272 g/mol. The molecule has 1 fully saturated rings. The molecule has 1 heterocycles. The minimum atomic E-state index is 0.784. The van der Waals surface area contributed by atoms with Crippen LogP contribution in [0.15, 0.2) is 24.3 Å². The third kappa shape index (κ3) is 3.07. The van der Waals surface area contributed by atoms with E-state index in [2.05, 4.69) is 41.5 Å². The molecule has 2 unspecified atom stereocenters. The molecule has 2 heteroatoms. The largest absolute Gasteiger partial charge is 0.320 e. The maximum Gasteiger partial charge on any atom is 0.0142 e. The second kappa shape index (κ2) is 6.73. The van der Waals surface area contributed by atoms with Crippen molar-refractivity contribution in [2.45, 2.75) is 57.0 Å². The lowest BCUT2D eigenvalue weighted by molar-refractivity contribution is 0.0809. The smallest absolute Gasteiger partial charge is 0.0142 e. The van der Waals surface area contributed by atoms with Gasteiger partial charge in [0.25, 0.3) is 0 Å². The molecule has 2 nitrogen and oxygen atoms in total. The molecule has 0 aromatic heterocycles. The highest BCUT2D eigenvalue weighted by Crippen LogP contribution is 2.29. The first-order chi connectivity index (χ1) is 9.88. The lowest BCUT2D eigenvalue weighted by atomic mass is 9.85. The van der Waals surface area contributed by atoms with Crippen molar-refractivity contribution in [2.75, 3.05) is 20.1 Å². The third-order valence-corrected chi connectivity index (χ3v) is 5.19. The zero-order valence-electron chi connectivity index (χ0n) is 12.8. The van der Waals surface area contributed by atoms with Crippen LogP contribution in [0.1, 0.15) is 43.2 Å². The molecule has 0 bridgehead atoms. The van der Waals surface area contributed by atoms with Gasteiger partial charge in [-0.1, -0.05) is 30.7 Å². The summed E-state index contributed by atoms with van der Waals surface area (Å²) in [5.41, 5.74) is 3.19. The summed E-state index contributed by atoms with van der Waals surface area (Å²) in [6.45, 7) is 2.48. The van der Waals surface area contributed by atoms with Crippen molar-refractivity contribution in [1.82, 2.24) is 10.2 Å². The normalized spacial score (nSPS) is 27.2. The number of piperidine rings is 1. The Morgan fingerprint density at radius 3 is 2.85 bits per heavy atom. The minimum Gasteiger partial charge on any atom is -0.320 e. The van der Waals surface area contributed by atoms with Gasteiger partial charge in [0.2, 0.25) is 0 Å². The lowest BCUT2D eigenvalue weighted by Crippen LogP contribution is -2.49. The van der Waals surface area contributed by atoms with Gasteiger partial charge in [-0.05, 0) is 69.8 Å². The van der Waals surface area contributed by atoms with Gasteiger partial charge in [0.15, 0.2) is 0 Å². The number of likely N-dealkylation sites (tertiary alicyclic amines) is 1. The van der Waals surface area contributed by atoms with Crippen LogP contribution in [0.2, 0.25) is 0 Å². The van der Waals surface area contributed by atoms with Crippen molar-refractivity contribution in [3.8, 4) is 0 Å². The van der Waals surface area contributed by atoms with Gasteiger partial charge in [-0.2, -0.15) is 0 Å². The average Bonchev–Trinajstić information content (AvgIpc) is 2.53. The average molecular weight is 272 g/mol. The van der Waals surface area contributed by atoms with Crippen LogP contribution >= 0.6 is 0 Å². The summed E-state index contributed by atoms with van der Waals surface area (Å²) in [4.78, 5) is 2.84. The highest BCUT2D eigenvalue weighted by molar-refractivity contribution is 5.30. The van der Waals surface area contributed by atoms with E-state index >= 15 is 0 Å². The van der Waals surface area contributed by atoms with Gasteiger partial charge in [-0.3, -0.25) is 4.90 Å². The topological polar surface area (TPSA) is 15.3 Å². The fourth-order valence-corrected chi connectivity index (χ4v) is 4.09. The van der Waals surface area contributed by atoms with Crippen LogP contribution in [0.5, 0.6) is 0 Å². The summed E-state index contributed by atoms with van der Waals surface area (Å²) in [7, 11) is 2.07. The third-order valence-electron chi connectivity index (χ3n) is 5.19. The van der Waals surface area contributed by atoms with E-state index < -0.39 is 0 Å². The van der Waals surface area contributed by atoms with Gasteiger partial charge < -0.3 is 5.32 Å². The van der Waals surface area contributed by atoms with Crippen LogP contribution in [0.3, 0.4) is 0 Å². The molecule has 1 N–H and O–H groups in total. The molecule has 0 spiro atoms. The Labute approximate surface area is 123 Å². The fraction of sp³-hybridized carbons (Fsp3) is 0.667. The first kappa shape index (κ1) is 14.1. The van der Waals surface area contributed by atoms with Crippen LogP contribution in [0.4, 0.5) is 0 Å². The Hall–Kier alpha value is -0.860. The Balaban J connectivity index is 1.68. The first-order valence-electron chi connectivity index (χ1n) is 8.35. The van der Waals surface area contributed by atoms with E-state index in [-0.39, 0.29) is 0 Å². The zero-order chi connectivity index (χ0) is 13.8. The molecule has 0 amide bonds. The number of aryl methyl sites for hydroxylation is 1. The molecule has 0 saturated carbocycles. The highest BCUT2D eigenvalue weighted by atomic mass is 15.2. The number of benzene rings is 1. The summed E-state index contributed by atoms with van der Waals surface area (Å²) >= 11 is 0. The maximum absolute atomic E-state index is 3.33. The van der Waals surface area contributed by atoms with Crippen molar-refractivity contribution in [2.24, 2.45) is 0 Å². The van der Waals surface area contributed by atoms with Crippen molar-refractivity contribution < 1.29 is 0 Å². The summed E-state index contributed by atoms with van der Waals surface area (Å²) in [5.74, 6) is 0. The van der Waals surface area contributed by atoms with Gasteiger partial charge in [0.05, 0.1) is 0 Å². The standard InChI is InChI=1S/C18H28N2/c1-19-12-11-17-8-4-5-13-20(17)18-10-9-15-6-2-3-7-16(15)14-18/h2-3,6-7,17-19H,4-5,8-14H2,1H3. The number of fused-ring (bicyclic) bond motifs is 1. The minimum absolute atomic E-state index is 0.784. The van der Waals surface area contributed by atoms with E-state index in [9.17, 15) is 0 Å². The Morgan fingerprint density at radius 1 is 1.15 bits per heavy atom. The molecule has 110 valence electrons. The Morgan fingerprint density at radius 2 is 2.00 bits per heavy atom. The van der Waals surface area contributed by atoms with Crippen LogP contribution in [0, 0.1) is 0 Å². The molecular formula is C18H28N2. The highest BCUT2D eigenvalue weighted by Gasteiger charge is 2.30. The second-order valence-corrected chi connectivity index (χ2v) is 6.44. The zero-order valence-corrected chi connectivity index (χ0v) is 12.8. The molecular weight excluding hydrogens is 244 g/mol. The van der Waals surface area contributed by atoms with Crippen molar-refractivity contribution in [3.05, 3.63) is 35.4 Å². The quantitative estimate of drug-likeness (QED) is 0.906. The molecule has 1 saturated heterocycles. The molecule has 1 aliphatic heterocycles. The molecule has 1 aromatic carbocycles. The van der Waals surface area contributed by atoms with Crippen LogP contribution < -0.4 is 5.32 Å². The predicted octanol–water partition coefficient (Wildman–Crippen LogP) is 3.01.